The van der Waals surface area contributed by atoms with Gasteiger partial charge in [0.1, 0.15) is 5.76 Å². The fourth-order valence-corrected chi connectivity index (χ4v) is 2.63. The molecule has 0 spiro atoms. The lowest BCUT2D eigenvalue weighted by atomic mass is 10.1. The van der Waals surface area contributed by atoms with Crippen LogP contribution in [0.4, 0.5) is 14.5 Å². The molecule has 2 aromatic rings. The van der Waals surface area contributed by atoms with Gasteiger partial charge >= 0.3 is 5.76 Å². The highest BCUT2D eigenvalue weighted by Crippen LogP contribution is 2.25. The van der Waals surface area contributed by atoms with Crippen LogP contribution >= 0.6 is 0 Å². The highest BCUT2D eigenvalue weighted by atomic mass is 32.2. The average molecular weight is 315 g/mol. The quantitative estimate of drug-likeness (QED) is 0.880. The molecule has 0 saturated heterocycles. The molecule has 4 nitrogen and oxygen atoms in total. The van der Waals surface area contributed by atoms with Crippen LogP contribution < -0.4 is 5.32 Å². The Morgan fingerprint density at radius 2 is 1.86 bits per heavy atom. The maximum Gasteiger partial charge on any atom is 0.341 e. The maximum atomic E-state index is 12.4. The molecular formula is C14H15F2NO3S. The third kappa shape index (κ3) is 3.41. The second-order valence-corrected chi connectivity index (χ2v) is 6.37. The molecule has 1 aromatic carbocycles. The summed E-state index contributed by atoms with van der Waals surface area (Å²) >= 11 is 0. The van der Waals surface area contributed by atoms with Crippen molar-refractivity contribution >= 4 is 15.5 Å². The van der Waals surface area contributed by atoms with Gasteiger partial charge in [-0.1, -0.05) is 6.92 Å². The Morgan fingerprint density at radius 3 is 2.33 bits per heavy atom. The Labute approximate surface area is 121 Å². The number of benzene rings is 1. The molecule has 0 fully saturated rings. The minimum Gasteiger partial charge on any atom is -0.467 e. The van der Waals surface area contributed by atoms with Crippen molar-refractivity contribution in [3.05, 3.63) is 48.4 Å². The van der Waals surface area contributed by atoms with Gasteiger partial charge in [-0.05, 0) is 42.8 Å². The summed E-state index contributed by atoms with van der Waals surface area (Å²) in [6, 6.07) is 8.78. The Balaban J connectivity index is 2.16. The van der Waals surface area contributed by atoms with Crippen LogP contribution in [0.25, 0.3) is 0 Å². The first-order valence-electron chi connectivity index (χ1n) is 6.37. The van der Waals surface area contributed by atoms with E-state index in [4.69, 9.17) is 4.42 Å². The molecule has 0 aliphatic heterocycles. The number of nitrogens with one attached hydrogen (secondary N) is 1. The topological polar surface area (TPSA) is 59.3 Å². The zero-order valence-corrected chi connectivity index (χ0v) is 12.1. The fourth-order valence-electron chi connectivity index (χ4n) is 1.91. The highest BCUT2D eigenvalue weighted by Gasteiger charge is 2.26. The van der Waals surface area contributed by atoms with Crippen molar-refractivity contribution in [2.24, 2.45) is 0 Å². The second kappa shape index (κ2) is 6.26. The number of alkyl halides is 2. The molecule has 0 aliphatic rings. The van der Waals surface area contributed by atoms with Crippen molar-refractivity contribution in [2.75, 3.05) is 5.32 Å². The van der Waals surface area contributed by atoms with Crippen molar-refractivity contribution < 1.29 is 21.6 Å². The number of anilines is 1. The van der Waals surface area contributed by atoms with Gasteiger partial charge in [0.05, 0.1) is 17.2 Å². The summed E-state index contributed by atoms with van der Waals surface area (Å²) in [6.07, 6.45) is 2.32. The van der Waals surface area contributed by atoms with E-state index in [1.165, 1.54) is 24.3 Å². The van der Waals surface area contributed by atoms with Gasteiger partial charge in [-0.15, -0.1) is 0 Å². The predicted molar refractivity (Wildman–Crippen MR) is 75.0 cm³/mol. The van der Waals surface area contributed by atoms with Crippen molar-refractivity contribution in [2.45, 2.75) is 30.0 Å². The minimum absolute atomic E-state index is 0.0717. The van der Waals surface area contributed by atoms with Crippen molar-refractivity contribution in [1.82, 2.24) is 0 Å². The molecule has 0 saturated carbocycles. The van der Waals surface area contributed by atoms with E-state index in [1.54, 1.807) is 12.3 Å². The van der Waals surface area contributed by atoms with Crippen LogP contribution in [0.1, 0.15) is 25.1 Å². The summed E-state index contributed by atoms with van der Waals surface area (Å²) in [6.45, 7) is 1.97. The van der Waals surface area contributed by atoms with Gasteiger partial charge in [-0.2, -0.15) is 8.78 Å². The van der Waals surface area contributed by atoms with Crippen molar-refractivity contribution in [3.8, 4) is 0 Å². The van der Waals surface area contributed by atoms with Gasteiger partial charge in [0.2, 0.25) is 9.84 Å². The maximum absolute atomic E-state index is 12.4. The summed E-state index contributed by atoms with van der Waals surface area (Å²) in [5, 5.41) is 3.16. The molecule has 21 heavy (non-hydrogen) atoms. The molecule has 1 aromatic heterocycles. The second-order valence-electron chi connectivity index (χ2n) is 4.45. The molecule has 0 aliphatic carbocycles. The molecule has 7 heteroatoms. The first-order valence-corrected chi connectivity index (χ1v) is 7.92. The van der Waals surface area contributed by atoms with Crippen LogP contribution in [0.5, 0.6) is 0 Å². The molecule has 0 radical (unpaired) electrons. The van der Waals surface area contributed by atoms with Crippen LogP contribution in [-0.4, -0.2) is 14.2 Å². The van der Waals surface area contributed by atoms with Crippen molar-refractivity contribution in [1.29, 1.82) is 0 Å². The molecule has 114 valence electrons. The first kappa shape index (κ1) is 15.5. The van der Waals surface area contributed by atoms with E-state index < -0.39 is 20.5 Å². The third-order valence-corrected chi connectivity index (χ3v) is 4.45. The standard InChI is InChI=1S/C14H15F2NO3S/c1-2-12(13-4-3-9-20-13)17-10-5-7-11(8-6-10)21(18,19)14(15)16/h3-9,12,14,17H,2H2,1H3. The molecular weight excluding hydrogens is 300 g/mol. The Morgan fingerprint density at radius 1 is 1.19 bits per heavy atom. The monoisotopic (exact) mass is 315 g/mol. The van der Waals surface area contributed by atoms with E-state index in [-0.39, 0.29) is 6.04 Å². The molecule has 1 atom stereocenters. The molecule has 1 unspecified atom stereocenters. The minimum atomic E-state index is -4.55. The lowest BCUT2D eigenvalue weighted by molar-refractivity contribution is 0.234. The van der Waals surface area contributed by atoms with E-state index in [2.05, 4.69) is 5.32 Å². The third-order valence-electron chi connectivity index (χ3n) is 3.05. The largest absolute Gasteiger partial charge is 0.467 e. The molecule has 0 bridgehead atoms. The van der Waals surface area contributed by atoms with Gasteiger partial charge in [-0.25, -0.2) is 8.42 Å². The Bertz CT molecular complexity index is 667. The van der Waals surface area contributed by atoms with Crippen LogP contribution in [0.15, 0.2) is 52.0 Å². The average Bonchev–Trinajstić information content (AvgIpc) is 2.99. The number of rotatable bonds is 6. The Hall–Kier alpha value is -1.89. The highest BCUT2D eigenvalue weighted by molar-refractivity contribution is 7.91. The summed E-state index contributed by atoms with van der Waals surface area (Å²) in [5.41, 5.74) is 0.631. The normalized spacial score (nSPS) is 13.3. The van der Waals surface area contributed by atoms with E-state index >= 15 is 0 Å². The molecule has 1 N–H and O–H groups in total. The number of halogens is 2. The lowest BCUT2D eigenvalue weighted by Gasteiger charge is -2.16. The number of sulfone groups is 1. The van der Waals surface area contributed by atoms with E-state index in [9.17, 15) is 17.2 Å². The van der Waals surface area contributed by atoms with E-state index in [1.807, 2.05) is 13.0 Å². The Kier molecular flexibility index (Phi) is 4.62. The number of hydrogen-bond donors (Lipinski definition) is 1. The molecule has 2 rings (SSSR count). The van der Waals surface area contributed by atoms with Gasteiger partial charge < -0.3 is 9.73 Å². The number of furan rings is 1. The van der Waals surface area contributed by atoms with Gasteiger partial charge in [0.25, 0.3) is 0 Å². The first-order chi connectivity index (χ1) is 9.95. The zero-order valence-electron chi connectivity index (χ0n) is 11.3. The number of hydrogen-bond acceptors (Lipinski definition) is 4. The zero-order chi connectivity index (χ0) is 15.5. The van der Waals surface area contributed by atoms with Crippen molar-refractivity contribution in [3.63, 3.8) is 0 Å². The van der Waals surface area contributed by atoms with E-state index in [0.29, 0.717) is 5.69 Å². The van der Waals surface area contributed by atoms with E-state index in [0.717, 1.165) is 12.2 Å². The van der Waals surface area contributed by atoms with Crippen LogP contribution in [-0.2, 0) is 9.84 Å². The molecule has 0 amide bonds. The van der Waals surface area contributed by atoms with Gasteiger partial charge in [0, 0.05) is 5.69 Å². The van der Waals surface area contributed by atoms with Crippen LogP contribution in [0, 0.1) is 0 Å². The van der Waals surface area contributed by atoms with Crippen LogP contribution in [0.2, 0.25) is 0 Å². The van der Waals surface area contributed by atoms with Crippen LogP contribution in [0.3, 0.4) is 0 Å². The summed E-state index contributed by atoms with van der Waals surface area (Å²) in [5.74, 6) is -2.66. The summed E-state index contributed by atoms with van der Waals surface area (Å²) in [4.78, 5) is -0.394. The SMILES string of the molecule is CCC(Nc1ccc(S(=O)(=O)C(F)F)cc1)c1ccco1. The lowest BCUT2D eigenvalue weighted by Crippen LogP contribution is -2.12. The van der Waals surface area contributed by atoms with Gasteiger partial charge in [0.15, 0.2) is 0 Å². The fraction of sp³-hybridized carbons (Fsp3) is 0.286. The van der Waals surface area contributed by atoms with Gasteiger partial charge in [-0.3, -0.25) is 0 Å². The summed E-state index contributed by atoms with van der Waals surface area (Å²) in [7, 11) is -4.55. The molecule has 1 heterocycles. The summed E-state index contributed by atoms with van der Waals surface area (Å²) < 4.78 is 52.8. The predicted octanol–water partition coefficient (Wildman–Crippen LogP) is 3.84. The smallest absolute Gasteiger partial charge is 0.341 e.